The molecule has 76 heavy (non-hydrogen) atoms. The molecule has 3 unspecified atom stereocenters. The SMILES string of the molecule is CC/C=C\C/C=C\C/C=C\C/C=C\C/C=C\CC(=O)OCC(COP(=O)(O)OCC(CO)OC(=O)CCCCCCCCC/C=C\C/C=C\CCCCC)OC(=O)CCCCCCCCC/C=C\C/C=C\CCCCC. The molecule has 2 N–H and O–H groups in total. The maximum atomic E-state index is 12.9. The summed E-state index contributed by atoms with van der Waals surface area (Å²) in [5.41, 5.74) is 0. The van der Waals surface area contributed by atoms with Gasteiger partial charge in [0.05, 0.1) is 26.2 Å². The van der Waals surface area contributed by atoms with Crippen LogP contribution in [0.5, 0.6) is 0 Å². The van der Waals surface area contributed by atoms with E-state index < -0.39 is 64.4 Å². The number of carbonyl (C=O) groups is 3. The highest BCUT2D eigenvalue weighted by Crippen LogP contribution is 2.43. The fourth-order valence-corrected chi connectivity index (χ4v) is 8.45. The first-order valence-electron chi connectivity index (χ1n) is 29.8. The van der Waals surface area contributed by atoms with Crippen molar-refractivity contribution in [2.45, 2.75) is 251 Å². The van der Waals surface area contributed by atoms with Crippen molar-refractivity contribution in [3.8, 4) is 0 Å². The molecule has 0 saturated carbocycles. The Morgan fingerprint density at radius 3 is 1.12 bits per heavy atom. The van der Waals surface area contributed by atoms with Crippen LogP contribution in [0.1, 0.15) is 239 Å². The first-order chi connectivity index (χ1) is 37.2. The van der Waals surface area contributed by atoms with Gasteiger partial charge in [0.1, 0.15) is 12.7 Å². The third kappa shape index (κ3) is 54.9. The lowest BCUT2D eigenvalue weighted by atomic mass is 10.1. The zero-order chi connectivity index (χ0) is 55.5. The Kier molecular flexibility index (Phi) is 54.4. The fraction of sp³-hybridized carbons (Fsp3) is 0.672. The Bertz CT molecular complexity index is 1690. The minimum atomic E-state index is -4.78. The molecule has 0 fully saturated rings. The smallest absolute Gasteiger partial charge is 0.461 e. The summed E-state index contributed by atoms with van der Waals surface area (Å²) in [4.78, 5) is 48.5. The van der Waals surface area contributed by atoms with Crippen LogP contribution < -0.4 is 0 Å². The number of aliphatic hydroxyl groups excluding tert-OH is 1. The van der Waals surface area contributed by atoms with Crippen molar-refractivity contribution >= 4 is 25.7 Å². The minimum absolute atomic E-state index is 0.0122. The van der Waals surface area contributed by atoms with E-state index in [9.17, 15) is 28.9 Å². The van der Waals surface area contributed by atoms with E-state index in [1.54, 1.807) is 6.08 Å². The molecule has 0 heterocycles. The van der Waals surface area contributed by atoms with Gasteiger partial charge in [0.15, 0.2) is 6.10 Å². The lowest BCUT2D eigenvalue weighted by Crippen LogP contribution is -2.30. The lowest BCUT2D eigenvalue weighted by molar-refractivity contribution is -0.161. The Morgan fingerprint density at radius 2 is 0.724 bits per heavy atom. The number of carbonyl (C=O) groups excluding carboxylic acids is 3. The molecule has 3 atom stereocenters. The standard InChI is InChI=1S/C64H107O11P/c1-4-7-10-13-16-19-22-25-28-30-33-36-39-42-45-48-51-54-63(67)74-60(56-65)58-72-76(69,70)73-59-61(57-71-62(66)53-50-47-44-41-38-35-32-27-24-21-18-15-12-9-6-3)75-64(68)55-52-49-46-43-40-37-34-31-29-26-23-20-17-14-11-8-5-2/h9,12,16-21,25-29,32,38,41,47,50,60-61,65H,4-8,10-11,13-15,22-24,30-31,33-37,39-40,42-46,48-49,51-59H2,1-3H3,(H,69,70)/b12-9-,19-16-,20-17-,21-18-,28-25-,29-26-,32-27-,41-38-,50-47-. The Balaban J connectivity index is 4.82. The second-order valence-corrected chi connectivity index (χ2v) is 20.9. The number of hydrogen-bond acceptors (Lipinski definition) is 10. The molecule has 0 amide bonds. The summed E-state index contributed by atoms with van der Waals surface area (Å²) in [7, 11) is -4.78. The van der Waals surface area contributed by atoms with Crippen molar-refractivity contribution in [3.05, 3.63) is 109 Å². The third-order valence-corrected chi connectivity index (χ3v) is 13.1. The molecule has 0 rings (SSSR count). The lowest BCUT2D eigenvalue weighted by Gasteiger charge is -2.21. The van der Waals surface area contributed by atoms with E-state index in [2.05, 4.69) is 112 Å². The molecule has 0 aromatic rings. The van der Waals surface area contributed by atoms with Gasteiger partial charge in [0, 0.05) is 12.8 Å². The normalized spacial score (nSPS) is 14.1. The highest BCUT2D eigenvalue weighted by atomic mass is 31.2. The molecule has 0 bridgehead atoms. The fourth-order valence-electron chi connectivity index (χ4n) is 7.67. The van der Waals surface area contributed by atoms with E-state index in [-0.39, 0.29) is 19.3 Å². The Hall–Kier alpha value is -3.86. The van der Waals surface area contributed by atoms with Gasteiger partial charge in [0.2, 0.25) is 0 Å². The number of unbranched alkanes of at least 4 members (excludes halogenated alkanes) is 20. The number of aliphatic hydroxyl groups is 1. The predicted molar refractivity (Wildman–Crippen MR) is 316 cm³/mol. The molecule has 434 valence electrons. The van der Waals surface area contributed by atoms with Crippen molar-refractivity contribution < 1.29 is 52.2 Å². The quantitative estimate of drug-likeness (QED) is 0.0197. The number of rotatable bonds is 54. The van der Waals surface area contributed by atoms with Crippen LogP contribution >= 0.6 is 7.82 Å². The number of hydrogen-bond donors (Lipinski definition) is 2. The highest BCUT2D eigenvalue weighted by Gasteiger charge is 2.28. The van der Waals surface area contributed by atoms with Gasteiger partial charge in [-0.1, -0.05) is 220 Å². The maximum absolute atomic E-state index is 12.9. The second kappa shape index (κ2) is 57.3. The molecule has 0 aliphatic carbocycles. The van der Waals surface area contributed by atoms with Crippen LogP contribution in [0.25, 0.3) is 0 Å². The second-order valence-electron chi connectivity index (χ2n) is 19.4. The monoisotopic (exact) mass is 1080 g/mol. The predicted octanol–water partition coefficient (Wildman–Crippen LogP) is 17.8. The van der Waals surface area contributed by atoms with Gasteiger partial charge < -0.3 is 24.2 Å². The number of phosphoric acid groups is 1. The van der Waals surface area contributed by atoms with Crippen LogP contribution in [-0.4, -0.2) is 66.5 Å². The zero-order valence-electron chi connectivity index (χ0n) is 47.9. The average molecular weight is 1080 g/mol. The van der Waals surface area contributed by atoms with Gasteiger partial charge in [-0.25, -0.2) is 4.57 Å². The van der Waals surface area contributed by atoms with Gasteiger partial charge in [-0.3, -0.25) is 23.4 Å². The van der Waals surface area contributed by atoms with Crippen LogP contribution in [0.15, 0.2) is 109 Å². The molecule has 0 saturated heterocycles. The Morgan fingerprint density at radius 1 is 0.395 bits per heavy atom. The number of esters is 3. The number of ether oxygens (including phenoxy) is 3. The molecule has 0 aliphatic heterocycles. The first kappa shape index (κ1) is 72.1. The van der Waals surface area contributed by atoms with Gasteiger partial charge in [-0.15, -0.1) is 0 Å². The number of allylic oxidation sites excluding steroid dienone is 17. The van der Waals surface area contributed by atoms with Crippen molar-refractivity contribution in [2.24, 2.45) is 0 Å². The van der Waals surface area contributed by atoms with E-state index in [1.165, 1.54) is 70.6 Å². The van der Waals surface area contributed by atoms with Gasteiger partial charge in [-0.05, 0) is 109 Å². The molecular weight excluding hydrogens is 976 g/mol. The molecule has 0 radical (unpaired) electrons. The molecule has 0 spiro atoms. The average Bonchev–Trinajstić information content (AvgIpc) is 3.41. The first-order valence-corrected chi connectivity index (χ1v) is 31.3. The van der Waals surface area contributed by atoms with E-state index >= 15 is 0 Å². The van der Waals surface area contributed by atoms with E-state index in [1.807, 2.05) is 12.2 Å². The number of phosphoric ester groups is 1. The van der Waals surface area contributed by atoms with Gasteiger partial charge in [0.25, 0.3) is 0 Å². The van der Waals surface area contributed by atoms with Crippen molar-refractivity contribution in [2.75, 3.05) is 26.4 Å². The van der Waals surface area contributed by atoms with Crippen LogP contribution in [-0.2, 0) is 42.2 Å². The third-order valence-electron chi connectivity index (χ3n) is 12.2. The van der Waals surface area contributed by atoms with Gasteiger partial charge in [-0.2, -0.15) is 0 Å². The summed E-state index contributed by atoms with van der Waals surface area (Å²) in [5.74, 6) is -1.64. The summed E-state index contributed by atoms with van der Waals surface area (Å²) in [6, 6.07) is 0. The van der Waals surface area contributed by atoms with Crippen LogP contribution in [0.4, 0.5) is 0 Å². The van der Waals surface area contributed by atoms with Crippen molar-refractivity contribution in [1.29, 1.82) is 0 Å². The summed E-state index contributed by atoms with van der Waals surface area (Å²) in [5, 5.41) is 9.83. The largest absolute Gasteiger partial charge is 0.472 e. The molecule has 11 nitrogen and oxygen atoms in total. The van der Waals surface area contributed by atoms with Crippen LogP contribution in [0.3, 0.4) is 0 Å². The van der Waals surface area contributed by atoms with Crippen LogP contribution in [0, 0.1) is 0 Å². The van der Waals surface area contributed by atoms with Crippen molar-refractivity contribution in [3.63, 3.8) is 0 Å². The summed E-state index contributed by atoms with van der Waals surface area (Å²) < 4.78 is 39.4. The van der Waals surface area contributed by atoms with E-state index in [4.69, 9.17) is 23.3 Å². The summed E-state index contributed by atoms with van der Waals surface area (Å²) >= 11 is 0. The van der Waals surface area contributed by atoms with Crippen molar-refractivity contribution in [1.82, 2.24) is 0 Å². The van der Waals surface area contributed by atoms with Crippen LogP contribution in [0.2, 0.25) is 0 Å². The summed E-state index contributed by atoms with van der Waals surface area (Å²) in [6.45, 7) is 4.35. The highest BCUT2D eigenvalue weighted by molar-refractivity contribution is 7.47. The minimum Gasteiger partial charge on any atom is -0.461 e. The molecule has 0 aliphatic rings. The van der Waals surface area contributed by atoms with E-state index in [0.717, 1.165) is 109 Å². The van der Waals surface area contributed by atoms with Gasteiger partial charge >= 0.3 is 25.7 Å². The maximum Gasteiger partial charge on any atom is 0.472 e. The Labute approximate surface area is 463 Å². The summed E-state index contributed by atoms with van der Waals surface area (Å²) in [6.07, 6.45) is 69.2. The topological polar surface area (TPSA) is 155 Å². The zero-order valence-corrected chi connectivity index (χ0v) is 48.8. The molecule has 0 aromatic heterocycles. The molecule has 0 aromatic carbocycles. The molecular formula is C64H107O11P. The van der Waals surface area contributed by atoms with E-state index in [0.29, 0.717) is 19.3 Å². The molecule has 12 heteroatoms.